The van der Waals surface area contributed by atoms with E-state index < -0.39 is 0 Å². The Balaban J connectivity index is 3.52. The summed E-state index contributed by atoms with van der Waals surface area (Å²) in [5, 5.41) is 5.45. The minimum Gasteiger partial charge on any atom is -0.466 e. The predicted molar refractivity (Wildman–Crippen MR) is 62.2 cm³/mol. The fraction of sp³-hybridized carbons (Fsp3) is 0.818. The molecule has 0 heterocycles. The largest absolute Gasteiger partial charge is 0.466 e. The van der Waals surface area contributed by atoms with Gasteiger partial charge in [-0.25, -0.2) is 4.79 Å². The van der Waals surface area contributed by atoms with Crippen molar-refractivity contribution in [2.45, 2.75) is 46.1 Å². The number of hydrogen-bond donors (Lipinski definition) is 2. The molecule has 16 heavy (non-hydrogen) atoms. The SMILES string of the molecule is CCOC(=O)CCCNC(=O)NC(C)(C)C. The van der Waals surface area contributed by atoms with Crippen LogP contribution < -0.4 is 10.6 Å². The van der Waals surface area contributed by atoms with Gasteiger partial charge >= 0.3 is 12.0 Å². The maximum Gasteiger partial charge on any atom is 0.315 e. The van der Waals surface area contributed by atoms with E-state index in [4.69, 9.17) is 4.74 Å². The molecule has 0 aliphatic heterocycles. The van der Waals surface area contributed by atoms with Gasteiger partial charge in [0.2, 0.25) is 0 Å². The Bertz CT molecular complexity index is 234. The molecule has 0 bridgehead atoms. The first-order chi connectivity index (χ1) is 7.35. The summed E-state index contributed by atoms with van der Waals surface area (Å²) in [7, 11) is 0. The molecule has 2 N–H and O–H groups in total. The Hall–Kier alpha value is -1.26. The maximum atomic E-state index is 11.3. The highest BCUT2D eigenvalue weighted by atomic mass is 16.5. The number of carbonyl (C=O) groups excluding carboxylic acids is 2. The molecule has 0 atom stereocenters. The summed E-state index contributed by atoms with van der Waals surface area (Å²) in [5.41, 5.74) is -0.245. The van der Waals surface area contributed by atoms with Crippen LogP contribution >= 0.6 is 0 Å². The van der Waals surface area contributed by atoms with Crippen molar-refractivity contribution in [3.8, 4) is 0 Å². The summed E-state index contributed by atoms with van der Waals surface area (Å²) in [4.78, 5) is 22.3. The highest BCUT2D eigenvalue weighted by Crippen LogP contribution is 1.97. The van der Waals surface area contributed by atoms with E-state index in [-0.39, 0.29) is 17.5 Å². The number of carbonyl (C=O) groups is 2. The molecule has 5 nitrogen and oxygen atoms in total. The molecular weight excluding hydrogens is 208 g/mol. The van der Waals surface area contributed by atoms with Crippen molar-refractivity contribution >= 4 is 12.0 Å². The van der Waals surface area contributed by atoms with Crippen molar-refractivity contribution in [3.63, 3.8) is 0 Å². The molecule has 0 unspecified atom stereocenters. The predicted octanol–water partition coefficient (Wildman–Crippen LogP) is 1.43. The third kappa shape index (κ3) is 9.30. The van der Waals surface area contributed by atoms with Crippen LogP contribution in [0.1, 0.15) is 40.5 Å². The van der Waals surface area contributed by atoms with Gasteiger partial charge in [0.25, 0.3) is 0 Å². The number of esters is 1. The molecule has 0 saturated carbocycles. The molecule has 0 saturated heterocycles. The van der Waals surface area contributed by atoms with Crippen molar-refractivity contribution < 1.29 is 14.3 Å². The van der Waals surface area contributed by atoms with Crippen LogP contribution in [0.3, 0.4) is 0 Å². The lowest BCUT2D eigenvalue weighted by molar-refractivity contribution is -0.143. The van der Waals surface area contributed by atoms with Crippen molar-refractivity contribution in [3.05, 3.63) is 0 Å². The van der Waals surface area contributed by atoms with Gasteiger partial charge in [-0.15, -0.1) is 0 Å². The van der Waals surface area contributed by atoms with Crippen LogP contribution in [-0.2, 0) is 9.53 Å². The van der Waals surface area contributed by atoms with Gasteiger partial charge in [0, 0.05) is 18.5 Å². The summed E-state index contributed by atoms with van der Waals surface area (Å²) in [6, 6.07) is -0.212. The van der Waals surface area contributed by atoms with Crippen LogP contribution in [0.4, 0.5) is 4.79 Å². The highest BCUT2D eigenvalue weighted by Gasteiger charge is 2.12. The fourth-order valence-electron chi connectivity index (χ4n) is 1.05. The standard InChI is InChI=1S/C11H22N2O3/c1-5-16-9(14)7-6-8-12-10(15)13-11(2,3)4/h5-8H2,1-4H3,(H2,12,13,15). The van der Waals surface area contributed by atoms with Crippen molar-refractivity contribution in [2.24, 2.45) is 0 Å². The van der Waals surface area contributed by atoms with Gasteiger partial charge < -0.3 is 15.4 Å². The molecule has 0 aromatic heterocycles. The number of nitrogens with one attached hydrogen (secondary N) is 2. The summed E-state index contributed by atoms with van der Waals surface area (Å²) in [6.45, 7) is 8.37. The molecule has 0 rings (SSSR count). The van der Waals surface area contributed by atoms with Crippen molar-refractivity contribution in [1.29, 1.82) is 0 Å². The van der Waals surface area contributed by atoms with Crippen LogP contribution in [-0.4, -0.2) is 30.7 Å². The average Bonchev–Trinajstić information content (AvgIpc) is 2.10. The number of urea groups is 1. The van der Waals surface area contributed by atoms with E-state index in [1.807, 2.05) is 20.8 Å². The second-order valence-electron chi connectivity index (χ2n) is 4.54. The van der Waals surface area contributed by atoms with E-state index in [9.17, 15) is 9.59 Å². The number of amides is 2. The Morgan fingerprint density at radius 3 is 2.38 bits per heavy atom. The van der Waals surface area contributed by atoms with Crippen LogP contribution in [0, 0.1) is 0 Å². The second kappa shape index (κ2) is 7.09. The number of rotatable bonds is 5. The minimum atomic E-state index is -0.245. The van der Waals surface area contributed by atoms with E-state index in [1.54, 1.807) is 6.92 Å². The van der Waals surface area contributed by atoms with Gasteiger partial charge in [-0.05, 0) is 34.1 Å². The molecule has 5 heteroatoms. The summed E-state index contributed by atoms with van der Waals surface area (Å²) in [6.07, 6.45) is 0.931. The van der Waals surface area contributed by atoms with Crippen molar-refractivity contribution in [1.82, 2.24) is 10.6 Å². The van der Waals surface area contributed by atoms with Crippen LogP contribution in [0.5, 0.6) is 0 Å². The van der Waals surface area contributed by atoms with Gasteiger partial charge in [-0.3, -0.25) is 4.79 Å². The molecule has 0 aliphatic carbocycles. The molecule has 0 fully saturated rings. The lowest BCUT2D eigenvalue weighted by Crippen LogP contribution is -2.46. The van der Waals surface area contributed by atoms with E-state index in [0.717, 1.165) is 0 Å². The molecule has 0 aromatic rings. The molecule has 0 radical (unpaired) electrons. The first kappa shape index (κ1) is 14.7. The first-order valence-electron chi connectivity index (χ1n) is 5.57. The van der Waals surface area contributed by atoms with Gasteiger partial charge in [0.15, 0.2) is 0 Å². The monoisotopic (exact) mass is 230 g/mol. The molecule has 0 spiro atoms. The first-order valence-corrected chi connectivity index (χ1v) is 5.57. The Kier molecular flexibility index (Phi) is 6.53. The zero-order chi connectivity index (χ0) is 12.6. The second-order valence-corrected chi connectivity index (χ2v) is 4.54. The van der Waals surface area contributed by atoms with Crippen LogP contribution in [0.2, 0.25) is 0 Å². The quantitative estimate of drug-likeness (QED) is 0.554. The van der Waals surface area contributed by atoms with Crippen LogP contribution in [0.25, 0.3) is 0 Å². The molecular formula is C11H22N2O3. The third-order valence-corrected chi connectivity index (χ3v) is 1.64. The zero-order valence-corrected chi connectivity index (χ0v) is 10.6. The lowest BCUT2D eigenvalue weighted by atomic mass is 10.1. The zero-order valence-electron chi connectivity index (χ0n) is 10.6. The Morgan fingerprint density at radius 1 is 1.25 bits per heavy atom. The van der Waals surface area contributed by atoms with E-state index in [1.165, 1.54) is 0 Å². The molecule has 0 aliphatic rings. The smallest absolute Gasteiger partial charge is 0.315 e. The van der Waals surface area contributed by atoms with E-state index in [2.05, 4.69) is 10.6 Å². The maximum absolute atomic E-state index is 11.3. The highest BCUT2D eigenvalue weighted by molar-refractivity contribution is 5.74. The van der Waals surface area contributed by atoms with E-state index >= 15 is 0 Å². The third-order valence-electron chi connectivity index (χ3n) is 1.64. The average molecular weight is 230 g/mol. The minimum absolute atomic E-state index is 0.212. The van der Waals surface area contributed by atoms with Gasteiger partial charge in [0.1, 0.15) is 0 Å². The summed E-state index contributed by atoms with van der Waals surface area (Å²) in [5.74, 6) is -0.222. The lowest BCUT2D eigenvalue weighted by Gasteiger charge is -2.20. The molecule has 94 valence electrons. The van der Waals surface area contributed by atoms with E-state index in [0.29, 0.717) is 26.0 Å². The Labute approximate surface area is 96.9 Å². The summed E-state index contributed by atoms with van der Waals surface area (Å²) < 4.78 is 4.76. The van der Waals surface area contributed by atoms with Gasteiger partial charge in [-0.2, -0.15) is 0 Å². The number of hydrogen-bond acceptors (Lipinski definition) is 3. The number of ether oxygens (including phenoxy) is 1. The topological polar surface area (TPSA) is 67.4 Å². The molecule has 0 aromatic carbocycles. The van der Waals surface area contributed by atoms with Crippen LogP contribution in [0.15, 0.2) is 0 Å². The fourth-order valence-corrected chi connectivity index (χ4v) is 1.05. The van der Waals surface area contributed by atoms with Gasteiger partial charge in [-0.1, -0.05) is 0 Å². The summed E-state index contributed by atoms with van der Waals surface area (Å²) >= 11 is 0. The van der Waals surface area contributed by atoms with Gasteiger partial charge in [0.05, 0.1) is 6.61 Å². The normalized spacial score (nSPS) is 10.8. The Morgan fingerprint density at radius 2 is 1.88 bits per heavy atom. The van der Waals surface area contributed by atoms with Crippen molar-refractivity contribution in [2.75, 3.05) is 13.2 Å². The molecule has 2 amide bonds.